The van der Waals surface area contributed by atoms with Gasteiger partial charge in [0.05, 0.1) is 0 Å². The van der Waals surface area contributed by atoms with Crippen LogP contribution in [0.2, 0.25) is 0 Å². The molecule has 2 aliphatic rings. The van der Waals surface area contributed by atoms with Gasteiger partial charge >= 0.3 is 0 Å². The lowest BCUT2D eigenvalue weighted by atomic mass is 9.94. The van der Waals surface area contributed by atoms with Gasteiger partial charge in [-0.25, -0.2) is 0 Å². The summed E-state index contributed by atoms with van der Waals surface area (Å²) < 4.78 is 29.4. The zero-order valence-electron chi connectivity index (χ0n) is 16.4. The van der Waals surface area contributed by atoms with Crippen molar-refractivity contribution in [3.8, 4) is 0 Å². The molecule has 0 spiro atoms. The molecule has 1 aromatic rings. The number of carbonyl (C=O) groups excluding carboxylic acids is 1. The minimum absolute atomic E-state index is 0.0677. The van der Waals surface area contributed by atoms with Crippen LogP contribution in [-0.2, 0) is 16.8 Å². The first kappa shape index (κ1) is 20.3. The Labute approximate surface area is 163 Å². The largest absolute Gasteiger partial charge is 0.339 e. The van der Waals surface area contributed by atoms with Gasteiger partial charge in [0.1, 0.15) is 0 Å². The van der Waals surface area contributed by atoms with Crippen LogP contribution in [0.3, 0.4) is 0 Å². The van der Waals surface area contributed by atoms with Gasteiger partial charge in [-0.3, -0.25) is 4.79 Å². The number of piperidine rings is 2. The topological polar surface area (TPSA) is 69.7 Å². The molecular formula is C20H31N3O3S. The van der Waals surface area contributed by atoms with Gasteiger partial charge in [-0.2, -0.15) is 17.4 Å². The van der Waals surface area contributed by atoms with Gasteiger partial charge < -0.3 is 4.90 Å². The van der Waals surface area contributed by atoms with E-state index in [1.807, 2.05) is 17.0 Å². The standard InChI is InChI=1S/C20H31N3O3S/c1-16-12-17(2)15-23(14-16)27(25,26)21-13-18-6-8-19(9-7-18)20(24)22-10-4-3-5-11-22/h6-9,16-17,21H,3-5,10-15H2,1-2H3/t16-,17-/m1/s1. The molecule has 0 saturated carbocycles. The van der Waals surface area contributed by atoms with Crippen LogP contribution in [-0.4, -0.2) is 49.7 Å². The van der Waals surface area contributed by atoms with Crippen molar-refractivity contribution in [2.75, 3.05) is 26.2 Å². The lowest BCUT2D eigenvalue weighted by Crippen LogP contribution is -2.47. The predicted molar refractivity (Wildman–Crippen MR) is 106 cm³/mol. The molecule has 0 radical (unpaired) electrons. The maximum absolute atomic E-state index is 12.6. The average Bonchev–Trinajstić information content (AvgIpc) is 2.66. The zero-order valence-corrected chi connectivity index (χ0v) is 17.2. The van der Waals surface area contributed by atoms with E-state index >= 15 is 0 Å². The molecule has 2 atom stereocenters. The summed E-state index contributed by atoms with van der Waals surface area (Å²) >= 11 is 0. The highest BCUT2D eigenvalue weighted by atomic mass is 32.2. The first-order chi connectivity index (χ1) is 12.8. The highest BCUT2D eigenvalue weighted by Gasteiger charge is 2.30. The van der Waals surface area contributed by atoms with Crippen molar-refractivity contribution in [3.05, 3.63) is 35.4 Å². The van der Waals surface area contributed by atoms with Crippen molar-refractivity contribution in [2.24, 2.45) is 11.8 Å². The number of nitrogens with zero attached hydrogens (tertiary/aromatic N) is 2. The van der Waals surface area contributed by atoms with E-state index in [0.717, 1.165) is 37.9 Å². The molecule has 2 saturated heterocycles. The third-order valence-electron chi connectivity index (χ3n) is 5.48. The van der Waals surface area contributed by atoms with Crippen molar-refractivity contribution in [1.82, 2.24) is 13.9 Å². The maximum Gasteiger partial charge on any atom is 0.279 e. The molecule has 6 nitrogen and oxygen atoms in total. The lowest BCUT2D eigenvalue weighted by molar-refractivity contribution is 0.0724. The molecule has 1 amide bonds. The van der Waals surface area contributed by atoms with Crippen molar-refractivity contribution >= 4 is 16.1 Å². The van der Waals surface area contributed by atoms with E-state index in [9.17, 15) is 13.2 Å². The number of carbonyl (C=O) groups is 1. The van der Waals surface area contributed by atoms with Crippen LogP contribution in [0.1, 0.15) is 55.5 Å². The quantitative estimate of drug-likeness (QED) is 0.836. The second-order valence-corrected chi connectivity index (χ2v) is 9.89. The molecule has 1 aromatic carbocycles. The zero-order chi connectivity index (χ0) is 19.4. The summed E-state index contributed by atoms with van der Waals surface area (Å²) in [5.74, 6) is 0.828. The van der Waals surface area contributed by atoms with Crippen LogP contribution in [0.4, 0.5) is 0 Å². The maximum atomic E-state index is 12.6. The number of rotatable bonds is 5. The van der Waals surface area contributed by atoms with Crippen LogP contribution in [0.15, 0.2) is 24.3 Å². The molecule has 2 fully saturated rings. The van der Waals surface area contributed by atoms with E-state index in [0.29, 0.717) is 30.5 Å². The van der Waals surface area contributed by atoms with Crippen molar-refractivity contribution in [1.29, 1.82) is 0 Å². The number of hydrogen-bond acceptors (Lipinski definition) is 3. The fourth-order valence-corrected chi connectivity index (χ4v) is 5.55. The fraction of sp³-hybridized carbons (Fsp3) is 0.650. The molecule has 150 valence electrons. The summed E-state index contributed by atoms with van der Waals surface area (Å²) in [6, 6.07) is 7.26. The van der Waals surface area contributed by atoms with E-state index in [2.05, 4.69) is 18.6 Å². The molecule has 1 N–H and O–H groups in total. The number of likely N-dealkylation sites (tertiary alicyclic amines) is 1. The molecule has 0 aromatic heterocycles. The Morgan fingerprint density at radius 1 is 1.04 bits per heavy atom. The van der Waals surface area contributed by atoms with E-state index in [1.54, 1.807) is 16.4 Å². The first-order valence-corrected chi connectivity index (χ1v) is 11.4. The van der Waals surface area contributed by atoms with E-state index < -0.39 is 10.2 Å². The van der Waals surface area contributed by atoms with Gasteiger partial charge in [-0.1, -0.05) is 26.0 Å². The number of hydrogen-bond donors (Lipinski definition) is 1. The van der Waals surface area contributed by atoms with Gasteiger partial charge in [-0.05, 0) is 55.2 Å². The normalized spacial score (nSPS) is 24.7. The Kier molecular flexibility index (Phi) is 6.55. The van der Waals surface area contributed by atoms with Crippen LogP contribution < -0.4 is 4.72 Å². The molecule has 3 rings (SSSR count). The van der Waals surface area contributed by atoms with Crippen LogP contribution in [0.25, 0.3) is 0 Å². The molecule has 2 heterocycles. The van der Waals surface area contributed by atoms with E-state index in [1.165, 1.54) is 6.42 Å². The smallest absolute Gasteiger partial charge is 0.279 e. The number of benzene rings is 1. The summed E-state index contributed by atoms with van der Waals surface area (Å²) in [4.78, 5) is 14.4. The van der Waals surface area contributed by atoms with Crippen LogP contribution in [0.5, 0.6) is 0 Å². The molecule has 0 bridgehead atoms. The lowest BCUT2D eigenvalue weighted by Gasteiger charge is -2.33. The molecular weight excluding hydrogens is 362 g/mol. The van der Waals surface area contributed by atoms with Gasteiger partial charge in [0.15, 0.2) is 0 Å². The summed E-state index contributed by atoms with van der Waals surface area (Å²) in [6.07, 6.45) is 4.40. The van der Waals surface area contributed by atoms with Gasteiger partial charge in [-0.15, -0.1) is 0 Å². The van der Waals surface area contributed by atoms with Crippen molar-refractivity contribution < 1.29 is 13.2 Å². The molecule has 2 aliphatic heterocycles. The molecule has 27 heavy (non-hydrogen) atoms. The number of nitrogens with one attached hydrogen (secondary N) is 1. The average molecular weight is 394 g/mol. The second kappa shape index (κ2) is 8.71. The summed E-state index contributed by atoms with van der Waals surface area (Å²) in [7, 11) is -3.48. The van der Waals surface area contributed by atoms with E-state index in [4.69, 9.17) is 0 Å². The third-order valence-corrected chi connectivity index (χ3v) is 6.97. The Bertz CT molecular complexity index is 732. The summed E-state index contributed by atoms with van der Waals surface area (Å²) in [6.45, 7) is 7.22. The Balaban J connectivity index is 1.57. The highest BCUT2D eigenvalue weighted by Crippen LogP contribution is 2.22. The number of amides is 1. The molecule has 0 aliphatic carbocycles. The fourth-order valence-electron chi connectivity index (χ4n) is 4.11. The Hall–Kier alpha value is -1.44. The minimum atomic E-state index is -3.48. The van der Waals surface area contributed by atoms with Gasteiger partial charge in [0, 0.05) is 38.3 Å². The minimum Gasteiger partial charge on any atom is -0.339 e. The highest BCUT2D eigenvalue weighted by molar-refractivity contribution is 7.87. The summed E-state index contributed by atoms with van der Waals surface area (Å²) in [5, 5.41) is 0. The van der Waals surface area contributed by atoms with E-state index in [-0.39, 0.29) is 12.5 Å². The Morgan fingerprint density at radius 2 is 1.63 bits per heavy atom. The monoisotopic (exact) mass is 393 g/mol. The SMILES string of the molecule is C[C@@H]1C[C@@H](C)CN(S(=O)(=O)NCc2ccc(C(=O)N3CCCCC3)cc2)C1. The molecule has 0 unspecified atom stereocenters. The van der Waals surface area contributed by atoms with Crippen LogP contribution in [0, 0.1) is 11.8 Å². The Morgan fingerprint density at radius 3 is 2.22 bits per heavy atom. The van der Waals surface area contributed by atoms with Gasteiger partial charge in [0.2, 0.25) is 0 Å². The van der Waals surface area contributed by atoms with Crippen LogP contribution >= 0.6 is 0 Å². The van der Waals surface area contributed by atoms with Crippen molar-refractivity contribution in [2.45, 2.75) is 46.1 Å². The summed E-state index contributed by atoms with van der Waals surface area (Å²) in [5.41, 5.74) is 1.52. The molecule has 7 heteroatoms. The predicted octanol–water partition coefficient (Wildman–Crippen LogP) is 2.62. The van der Waals surface area contributed by atoms with Crippen molar-refractivity contribution in [3.63, 3.8) is 0 Å². The first-order valence-electron chi connectivity index (χ1n) is 9.98. The van der Waals surface area contributed by atoms with Gasteiger partial charge in [0.25, 0.3) is 16.1 Å². The third kappa shape index (κ3) is 5.30. The second-order valence-electron chi connectivity index (χ2n) is 8.14.